The summed E-state index contributed by atoms with van der Waals surface area (Å²) in [5.74, 6) is 0.231. The summed E-state index contributed by atoms with van der Waals surface area (Å²) in [4.78, 5) is 0. The summed E-state index contributed by atoms with van der Waals surface area (Å²) in [7, 11) is 1.44. The predicted octanol–water partition coefficient (Wildman–Crippen LogP) is 1.78. The largest absolute Gasteiger partial charge is 0.405 e. The molecule has 0 aromatic rings. The van der Waals surface area contributed by atoms with Crippen LogP contribution in [0.3, 0.4) is 0 Å². The second-order valence-corrected chi connectivity index (χ2v) is 3.88. The Morgan fingerprint density at radius 1 is 1.38 bits per heavy atom. The normalized spacial score (nSPS) is 31.6. The molecule has 0 saturated carbocycles. The van der Waals surface area contributed by atoms with Gasteiger partial charge in [0.1, 0.15) is 6.04 Å². The van der Waals surface area contributed by atoms with Gasteiger partial charge in [-0.3, -0.25) is 5.43 Å². The first kappa shape index (κ1) is 10.8. The van der Waals surface area contributed by atoms with Crippen LogP contribution in [0.5, 0.6) is 0 Å². The van der Waals surface area contributed by atoms with Crippen molar-refractivity contribution in [2.45, 2.75) is 38.5 Å². The number of nitrogens with one attached hydrogen (secondary N) is 1. The summed E-state index contributed by atoms with van der Waals surface area (Å²) in [6, 6.07) is -1.39. The van der Waals surface area contributed by atoms with Gasteiger partial charge >= 0.3 is 6.18 Å². The number of hydrogen-bond donors (Lipinski definition) is 1. The first-order chi connectivity index (χ1) is 5.82. The van der Waals surface area contributed by atoms with Crippen molar-refractivity contribution < 1.29 is 13.2 Å². The zero-order chi connectivity index (χ0) is 10.2. The molecule has 0 aromatic heterocycles. The molecule has 0 aliphatic carbocycles. The van der Waals surface area contributed by atoms with E-state index in [-0.39, 0.29) is 18.4 Å². The van der Waals surface area contributed by atoms with E-state index in [4.69, 9.17) is 0 Å². The van der Waals surface area contributed by atoms with Crippen molar-refractivity contribution in [3.05, 3.63) is 0 Å². The number of hydrogen-bond acceptors (Lipinski definition) is 2. The van der Waals surface area contributed by atoms with Gasteiger partial charge in [0.05, 0.1) is 0 Å². The van der Waals surface area contributed by atoms with Crippen molar-refractivity contribution in [2.24, 2.45) is 5.92 Å². The molecule has 1 heterocycles. The maximum absolute atomic E-state index is 12.4. The molecule has 1 aliphatic heterocycles. The average molecular weight is 196 g/mol. The Bertz CT molecular complexity index is 179. The quantitative estimate of drug-likeness (QED) is 0.687. The minimum absolute atomic E-state index is 0.0587. The van der Waals surface area contributed by atoms with Crippen molar-refractivity contribution in [3.8, 4) is 0 Å². The van der Waals surface area contributed by atoms with Crippen LogP contribution in [-0.4, -0.2) is 30.3 Å². The summed E-state index contributed by atoms with van der Waals surface area (Å²) in [5, 5.41) is 1.17. The summed E-state index contributed by atoms with van der Waals surface area (Å²) < 4.78 is 37.1. The van der Waals surface area contributed by atoms with Gasteiger partial charge in [0.25, 0.3) is 0 Å². The molecule has 13 heavy (non-hydrogen) atoms. The van der Waals surface area contributed by atoms with Crippen molar-refractivity contribution in [2.75, 3.05) is 7.05 Å². The first-order valence-corrected chi connectivity index (χ1v) is 4.38. The highest BCUT2D eigenvalue weighted by atomic mass is 19.4. The Balaban J connectivity index is 2.62. The van der Waals surface area contributed by atoms with Crippen molar-refractivity contribution in [3.63, 3.8) is 0 Å². The lowest BCUT2D eigenvalue weighted by Gasteiger charge is -2.21. The zero-order valence-corrected chi connectivity index (χ0v) is 8.02. The minimum atomic E-state index is -4.12. The summed E-state index contributed by atoms with van der Waals surface area (Å²) in [6.45, 7) is 3.84. The van der Waals surface area contributed by atoms with Gasteiger partial charge in [-0.25, -0.2) is 5.01 Å². The molecule has 0 aromatic carbocycles. The van der Waals surface area contributed by atoms with Gasteiger partial charge in [-0.2, -0.15) is 13.2 Å². The third-order valence-corrected chi connectivity index (χ3v) is 2.50. The summed E-state index contributed by atoms with van der Waals surface area (Å²) in [5.41, 5.74) is 2.82. The molecule has 0 spiro atoms. The van der Waals surface area contributed by atoms with Gasteiger partial charge in [0.2, 0.25) is 0 Å². The average Bonchev–Trinajstić information content (AvgIpc) is 2.29. The Hall–Kier alpha value is -0.290. The third-order valence-electron chi connectivity index (χ3n) is 2.50. The van der Waals surface area contributed by atoms with Gasteiger partial charge < -0.3 is 0 Å². The Morgan fingerprint density at radius 3 is 2.15 bits per heavy atom. The van der Waals surface area contributed by atoms with E-state index >= 15 is 0 Å². The fourth-order valence-electron chi connectivity index (χ4n) is 1.58. The topological polar surface area (TPSA) is 15.3 Å². The summed E-state index contributed by atoms with van der Waals surface area (Å²) in [6.07, 6.45) is -3.97. The van der Waals surface area contributed by atoms with E-state index in [1.165, 1.54) is 12.1 Å². The molecule has 0 bridgehead atoms. The van der Waals surface area contributed by atoms with E-state index in [9.17, 15) is 13.2 Å². The smallest absolute Gasteiger partial charge is 0.251 e. The van der Waals surface area contributed by atoms with Crippen molar-refractivity contribution in [1.82, 2.24) is 10.4 Å². The van der Waals surface area contributed by atoms with Crippen LogP contribution in [0.1, 0.15) is 20.3 Å². The molecular formula is C8H15F3N2. The van der Waals surface area contributed by atoms with Gasteiger partial charge in [-0.05, 0) is 12.3 Å². The molecule has 5 heteroatoms. The molecule has 0 amide bonds. The molecule has 2 unspecified atom stereocenters. The van der Waals surface area contributed by atoms with Gasteiger partial charge in [0.15, 0.2) is 0 Å². The summed E-state index contributed by atoms with van der Waals surface area (Å²) >= 11 is 0. The molecule has 1 saturated heterocycles. The molecule has 0 radical (unpaired) electrons. The van der Waals surface area contributed by atoms with Crippen molar-refractivity contribution >= 4 is 0 Å². The Morgan fingerprint density at radius 2 is 1.92 bits per heavy atom. The number of rotatable bonds is 1. The predicted molar refractivity (Wildman–Crippen MR) is 44.0 cm³/mol. The van der Waals surface area contributed by atoms with Crippen LogP contribution in [-0.2, 0) is 0 Å². The van der Waals surface area contributed by atoms with E-state index < -0.39 is 12.2 Å². The zero-order valence-electron chi connectivity index (χ0n) is 8.02. The van der Waals surface area contributed by atoms with Crippen LogP contribution >= 0.6 is 0 Å². The standard InChI is InChI=1S/C8H15F3N2/c1-5(2)6-4-7(8(9,10)11)13(3)12-6/h5-7,12H,4H2,1-3H3. The van der Waals surface area contributed by atoms with Crippen LogP contribution in [0, 0.1) is 5.92 Å². The van der Waals surface area contributed by atoms with Crippen LogP contribution in [0.4, 0.5) is 13.2 Å². The maximum Gasteiger partial charge on any atom is 0.405 e. The lowest BCUT2D eigenvalue weighted by molar-refractivity contribution is -0.176. The Labute approximate surface area is 76.1 Å². The highest BCUT2D eigenvalue weighted by molar-refractivity contribution is 4.88. The highest BCUT2D eigenvalue weighted by Crippen LogP contribution is 2.31. The van der Waals surface area contributed by atoms with E-state index in [0.717, 1.165) is 0 Å². The second kappa shape index (κ2) is 3.46. The number of alkyl halides is 3. The minimum Gasteiger partial charge on any atom is -0.251 e. The van der Waals surface area contributed by atoms with E-state index in [0.29, 0.717) is 0 Å². The van der Waals surface area contributed by atoms with Crippen LogP contribution in [0.2, 0.25) is 0 Å². The van der Waals surface area contributed by atoms with Crippen molar-refractivity contribution in [1.29, 1.82) is 0 Å². The van der Waals surface area contributed by atoms with Crippen LogP contribution in [0.25, 0.3) is 0 Å². The fraction of sp³-hybridized carbons (Fsp3) is 1.00. The van der Waals surface area contributed by atoms with Crippen LogP contribution < -0.4 is 5.43 Å². The molecule has 1 N–H and O–H groups in total. The molecule has 1 aliphatic rings. The molecular weight excluding hydrogens is 181 g/mol. The maximum atomic E-state index is 12.4. The van der Waals surface area contributed by atoms with E-state index in [1.807, 2.05) is 13.8 Å². The van der Waals surface area contributed by atoms with E-state index in [2.05, 4.69) is 5.43 Å². The molecule has 1 fully saturated rings. The molecule has 1 rings (SSSR count). The number of halogens is 3. The molecule has 2 nitrogen and oxygen atoms in total. The molecule has 2 atom stereocenters. The number of hydrazine groups is 1. The third kappa shape index (κ3) is 2.34. The number of nitrogens with zero attached hydrogens (tertiary/aromatic N) is 1. The molecule has 78 valence electrons. The second-order valence-electron chi connectivity index (χ2n) is 3.88. The Kier molecular flexibility index (Phi) is 2.87. The lowest BCUT2D eigenvalue weighted by atomic mass is 9.99. The first-order valence-electron chi connectivity index (χ1n) is 4.38. The van der Waals surface area contributed by atoms with Gasteiger partial charge in [-0.1, -0.05) is 13.8 Å². The lowest BCUT2D eigenvalue weighted by Crippen LogP contribution is -2.43. The highest BCUT2D eigenvalue weighted by Gasteiger charge is 2.48. The van der Waals surface area contributed by atoms with E-state index in [1.54, 1.807) is 0 Å². The fourth-order valence-corrected chi connectivity index (χ4v) is 1.58. The van der Waals surface area contributed by atoms with Gasteiger partial charge in [-0.15, -0.1) is 0 Å². The monoisotopic (exact) mass is 196 g/mol. The SMILES string of the molecule is CC(C)C1CC(C(F)(F)F)N(C)N1. The van der Waals surface area contributed by atoms with Crippen LogP contribution in [0.15, 0.2) is 0 Å². The van der Waals surface area contributed by atoms with Gasteiger partial charge in [0, 0.05) is 13.1 Å².